The minimum Gasteiger partial charge on any atom is -0.423 e. The molecule has 0 unspecified atom stereocenters. The first-order valence-corrected chi connectivity index (χ1v) is 4.02. The van der Waals surface area contributed by atoms with Gasteiger partial charge in [-0.2, -0.15) is 0 Å². The van der Waals surface area contributed by atoms with E-state index in [-0.39, 0.29) is 11.9 Å². The molecule has 69 valence electrons. The van der Waals surface area contributed by atoms with Crippen molar-refractivity contribution in [3.05, 3.63) is 18.2 Å². The van der Waals surface area contributed by atoms with Crippen LogP contribution in [0.4, 0.5) is 0 Å². The summed E-state index contributed by atoms with van der Waals surface area (Å²) in [7, 11) is 0. The molecule has 0 aromatic carbocycles. The molecular formula is C9H11N2O2. The van der Waals surface area contributed by atoms with E-state index in [4.69, 9.17) is 4.74 Å². The van der Waals surface area contributed by atoms with Gasteiger partial charge in [0.15, 0.2) is 12.1 Å². The van der Waals surface area contributed by atoms with Gasteiger partial charge in [-0.1, -0.05) is 13.8 Å². The third kappa shape index (κ3) is 2.50. The second-order valence-electron chi connectivity index (χ2n) is 2.97. The van der Waals surface area contributed by atoms with Crippen molar-refractivity contribution in [2.24, 2.45) is 0 Å². The highest BCUT2D eigenvalue weighted by Gasteiger charge is 2.10. The summed E-state index contributed by atoms with van der Waals surface area (Å²) in [5, 5.41) is 0. The van der Waals surface area contributed by atoms with Gasteiger partial charge in [0.25, 0.3) is 0 Å². The Labute approximate surface area is 77.0 Å². The fraction of sp³-hybridized carbons (Fsp3) is 0.444. The molecule has 0 saturated carbocycles. The first-order valence-electron chi connectivity index (χ1n) is 4.02. The summed E-state index contributed by atoms with van der Waals surface area (Å²) in [5.74, 6) is 0.242. The number of carbonyl (C=O) groups is 1. The molecule has 0 atom stereocenters. The number of rotatable bonds is 2. The molecule has 13 heavy (non-hydrogen) atoms. The fourth-order valence-corrected chi connectivity index (χ4v) is 0.939. The van der Waals surface area contributed by atoms with Crippen molar-refractivity contribution in [3.63, 3.8) is 0 Å². The maximum Gasteiger partial charge on any atom is 0.308 e. The van der Waals surface area contributed by atoms with Crippen LogP contribution in [0, 0.1) is 6.33 Å². The summed E-state index contributed by atoms with van der Waals surface area (Å²) in [4.78, 5) is 18.3. The van der Waals surface area contributed by atoms with Crippen molar-refractivity contribution in [1.82, 2.24) is 9.97 Å². The molecule has 1 radical (unpaired) electrons. The maximum atomic E-state index is 10.7. The fourth-order valence-electron chi connectivity index (χ4n) is 0.939. The molecule has 4 nitrogen and oxygen atoms in total. The average molecular weight is 179 g/mol. The van der Waals surface area contributed by atoms with Gasteiger partial charge in [-0.05, 0) is 5.92 Å². The molecule has 0 aliphatic carbocycles. The van der Waals surface area contributed by atoms with Crippen molar-refractivity contribution >= 4 is 5.97 Å². The predicted molar refractivity (Wildman–Crippen MR) is 46.3 cm³/mol. The van der Waals surface area contributed by atoms with E-state index in [0.29, 0.717) is 11.4 Å². The summed E-state index contributed by atoms with van der Waals surface area (Å²) < 4.78 is 4.92. The Bertz CT molecular complexity index is 310. The number of esters is 1. The third-order valence-electron chi connectivity index (χ3n) is 1.46. The molecule has 1 heterocycles. The van der Waals surface area contributed by atoms with Crippen molar-refractivity contribution < 1.29 is 9.53 Å². The molecule has 1 aromatic rings. The SMILES string of the molecule is CC(=O)Oc1cn[c]nc1C(C)C. The normalized spacial score (nSPS) is 10.2. The lowest BCUT2D eigenvalue weighted by atomic mass is 10.1. The zero-order chi connectivity index (χ0) is 9.84. The van der Waals surface area contributed by atoms with Gasteiger partial charge in [0, 0.05) is 6.92 Å². The van der Waals surface area contributed by atoms with E-state index in [2.05, 4.69) is 16.3 Å². The van der Waals surface area contributed by atoms with Crippen molar-refractivity contribution in [3.8, 4) is 5.75 Å². The Morgan fingerprint density at radius 3 is 2.85 bits per heavy atom. The Balaban J connectivity index is 2.97. The van der Waals surface area contributed by atoms with Crippen LogP contribution in [0.15, 0.2) is 6.20 Å². The zero-order valence-corrected chi connectivity index (χ0v) is 7.87. The largest absolute Gasteiger partial charge is 0.423 e. The van der Waals surface area contributed by atoms with Crippen molar-refractivity contribution in [1.29, 1.82) is 0 Å². The van der Waals surface area contributed by atoms with Crippen LogP contribution in [0.5, 0.6) is 5.75 Å². The number of hydrogen-bond acceptors (Lipinski definition) is 4. The minimum atomic E-state index is -0.364. The predicted octanol–water partition coefficient (Wildman–Crippen LogP) is 1.33. The molecule has 0 amide bonds. The van der Waals surface area contributed by atoms with Gasteiger partial charge in [0.05, 0.1) is 11.9 Å². The minimum absolute atomic E-state index is 0.189. The molecular weight excluding hydrogens is 168 g/mol. The highest BCUT2D eigenvalue weighted by molar-refractivity contribution is 5.69. The van der Waals surface area contributed by atoms with E-state index in [9.17, 15) is 4.79 Å². The first-order chi connectivity index (χ1) is 6.11. The van der Waals surface area contributed by atoms with E-state index in [1.54, 1.807) is 0 Å². The topological polar surface area (TPSA) is 52.1 Å². The van der Waals surface area contributed by atoms with E-state index in [1.165, 1.54) is 13.1 Å². The Kier molecular flexibility index (Phi) is 2.95. The lowest BCUT2D eigenvalue weighted by molar-refractivity contribution is -0.132. The molecule has 0 aliphatic heterocycles. The second kappa shape index (κ2) is 3.98. The van der Waals surface area contributed by atoms with Gasteiger partial charge in [-0.15, -0.1) is 0 Å². The molecule has 0 fully saturated rings. The monoisotopic (exact) mass is 179 g/mol. The molecule has 0 spiro atoms. The standard InChI is InChI=1S/C9H11N2O2/c1-6(2)9-8(13-7(3)12)4-10-5-11-9/h4,6H,1-3H3. The molecule has 0 bridgehead atoms. The van der Waals surface area contributed by atoms with Crippen LogP contribution in [-0.2, 0) is 4.79 Å². The van der Waals surface area contributed by atoms with Gasteiger partial charge < -0.3 is 4.74 Å². The number of carbonyl (C=O) groups excluding carboxylic acids is 1. The summed E-state index contributed by atoms with van der Waals surface area (Å²) in [6.07, 6.45) is 3.91. The van der Waals surface area contributed by atoms with Crippen LogP contribution in [0.3, 0.4) is 0 Å². The zero-order valence-electron chi connectivity index (χ0n) is 7.87. The number of aromatic nitrogens is 2. The number of nitrogens with zero attached hydrogens (tertiary/aromatic N) is 2. The molecule has 1 rings (SSSR count). The summed E-state index contributed by atoms with van der Waals surface area (Å²) in [6.45, 7) is 5.27. The highest BCUT2D eigenvalue weighted by Crippen LogP contribution is 2.22. The highest BCUT2D eigenvalue weighted by atomic mass is 16.5. The van der Waals surface area contributed by atoms with Gasteiger partial charge >= 0.3 is 5.97 Å². The lowest BCUT2D eigenvalue weighted by Gasteiger charge is -2.08. The number of hydrogen-bond donors (Lipinski definition) is 0. The number of ether oxygens (including phenoxy) is 1. The molecule has 0 aliphatic rings. The summed E-state index contributed by atoms with van der Waals surface area (Å²) in [6, 6.07) is 0. The molecule has 0 saturated heterocycles. The van der Waals surface area contributed by atoms with Crippen LogP contribution in [-0.4, -0.2) is 15.9 Å². The van der Waals surface area contributed by atoms with Crippen LogP contribution in [0.25, 0.3) is 0 Å². The van der Waals surface area contributed by atoms with E-state index in [1.807, 2.05) is 13.8 Å². The average Bonchev–Trinajstić information content (AvgIpc) is 2.03. The lowest BCUT2D eigenvalue weighted by Crippen LogP contribution is -2.06. The maximum absolute atomic E-state index is 10.7. The van der Waals surface area contributed by atoms with E-state index < -0.39 is 0 Å². The van der Waals surface area contributed by atoms with Crippen molar-refractivity contribution in [2.45, 2.75) is 26.7 Å². The quantitative estimate of drug-likeness (QED) is 0.642. The smallest absolute Gasteiger partial charge is 0.308 e. The Morgan fingerprint density at radius 1 is 1.62 bits per heavy atom. The van der Waals surface area contributed by atoms with E-state index >= 15 is 0 Å². The summed E-state index contributed by atoms with van der Waals surface area (Å²) in [5.41, 5.74) is 0.699. The van der Waals surface area contributed by atoms with Gasteiger partial charge in [0.1, 0.15) is 0 Å². The van der Waals surface area contributed by atoms with Crippen LogP contribution in [0.1, 0.15) is 32.4 Å². The molecule has 0 N–H and O–H groups in total. The Hall–Kier alpha value is -1.45. The van der Waals surface area contributed by atoms with Crippen LogP contribution < -0.4 is 4.74 Å². The van der Waals surface area contributed by atoms with Crippen molar-refractivity contribution in [2.75, 3.05) is 0 Å². The summed E-state index contributed by atoms with van der Waals surface area (Å²) >= 11 is 0. The van der Waals surface area contributed by atoms with Crippen LogP contribution >= 0.6 is 0 Å². The third-order valence-corrected chi connectivity index (χ3v) is 1.46. The second-order valence-corrected chi connectivity index (χ2v) is 2.97. The van der Waals surface area contributed by atoms with Gasteiger partial charge in [-0.3, -0.25) is 4.79 Å². The van der Waals surface area contributed by atoms with Gasteiger partial charge in [0.2, 0.25) is 0 Å². The molecule has 4 heteroatoms. The van der Waals surface area contributed by atoms with E-state index in [0.717, 1.165) is 0 Å². The van der Waals surface area contributed by atoms with Crippen LogP contribution in [0.2, 0.25) is 0 Å². The Morgan fingerprint density at radius 2 is 2.31 bits per heavy atom. The first kappa shape index (κ1) is 9.64. The van der Waals surface area contributed by atoms with Gasteiger partial charge in [-0.25, -0.2) is 9.97 Å². The molecule has 1 aromatic heterocycles.